The molecule has 0 rings (SSSR count). The molecular formula is C10H21ClN2O4S2. The highest BCUT2D eigenvalue weighted by molar-refractivity contribution is 8.76. The minimum atomic E-state index is -0.652. The zero-order valence-corrected chi connectivity index (χ0v) is 13.4. The third kappa shape index (κ3) is 10.3. The van der Waals surface area contributed by atoms with Crippen molar-refractivity contribution in [3.8, 4) is 0 Å². The molecule has 9 heteroatoms. The van der Waals surface area contributed by atoms with Gasteiger partial charge in [0.2, 0.25) is 0 Å². The molecule has 0 saturated heterocycles. The zero-order chi connectivity index (χ0) is 14.0. The van der Waals surface area contributed by atoms with Crippen molar-refractivity contribution in [1.82, 2.24) is 0 Å². The van der Waals surface area contributed by atoms with E-state index < -0.39 is 24.0 Å². The third-order valence-corrected chi connectivity index (χ3v) is 4.23. The molecule has 0 heterocycles. The fourth-order valence-electron chi connectivity index (χ4n) is 0.878. The second-order valence-electron chi connectivity index (χ2n) is 3.29. The van der Waals surface area contributed by atoms with Gasteiger partial charge in [-0.15, -0.1) is 12.4 Å². The van der Waals surface area contributed by atoms with Crippen LogP contribution < -0.4 is 11.5 Å². The van der Waals surface area contributed by atoms with Gasteiger partial charge in [0.1, 0.15) is 12.1 Å². The minimum Gasteiger partial charge on any atom is -0.465 e. The standard InChI is InChI=1S/C10H20N2O4S2.ClH/c1-3-15-9(13)7(11)5-17-18-6-8(12)10(14)16-4-2;/h7-8H,3-6,11-12H2,1-2H3;1H. The summed E-state index contributed by atoms with van der Waals surface area (Å²) in [6, 6.07) is -1.30. The van der Waals surface area contributed by atoms with Crippen LogP contribution in [0.4, 0.5) is 0 Å². The molecule has 0 fully saturated rings. The maximum absolute atomic E-state index is 11.2. The summed E-state index contributed by atoms with van der Waals surface area (Å²) < 4.78 is 9.53. The zero-order valence-electron chi connectivity index (χ0n) is 11.0. The lowest BCUT2D eigenvalue weighted by Crippen LogP contribution is -2.35. The van der Waals surface area contributed by atoms with Crippen LogP contribution in [0.15, 0.2) is 0 Å². The maximum Gasteiger partial charge on any atom is 0.323 e. The molecule has 2 atom stereocenters. The minimum absolute atomic E-state index is 0. The molecule has 0 aromatic rings. The van der Waals surface area contributed by atoms with Crippen molar-refractivity contribution in [1.29, 1.82) is 0 Å². The average molecular weight is 333 g/mol. The van der Waals surface area contributed by atoms with Crippen LogP contribution in [0, 0.1) is 0 Å². The van der Waals surface area contributed by atoms with Gasteiger partial charge in [-0.1, -0.05) is 21.6 Å². The van der Waals surface area contributed by atoms with Gasteiger partial charge in [-0.2, -0.15) is 0 Å². The molecule has 2 unspecified atom stereocenters. The van der Waals surface area contributed by atoms with E-state index in [9.17, 15) is 9.59 Å². The average Bonchev–Trinajstić information content (AvgIpc) is 2.34. The van der Waals surface area contributed by atoms with Gasteiger partial charge < -0.3 is 20.9 Å². The van der Waals surface area contributed by atoms with Gasteiger partial charge in [0.05, 0.1) is 13.2 Å². The van der Waals surface area contributed by atoms with Crippen LogP contribution >= 0.6 is 34.0 Å². The van der Waals surface area contributed by atoms with Gasteiger partial charge in [-0.25, -0.2) is 0 Å². The monoisotopic (exact) mass is 332 g/mol. The first-order valence-corrected chi connectivity index (χ1v) is 8.10. The van der Waals surface area contributed by atoms with Gasteiger partial charge in [-0.05, 0) is 13.8 Å². The number of rotatable bonds is 9. The lowest BCUT2D eigenvalue weighted by atomic mass is 10.4. The highest BCUT2D eigenvalue weighted by atomic mass is 35.5. The molecule has 0 radical (unpaired) electrons. The first kappa shape index (κ1) is 21.2. The summed E-state index contributed by atoms with van der Waals surface area (Å²) in [5.74, 6) is -0.00135. The van der Waals surface area contributed by atoms with Crippen LogP contribution in [-0.4, -0.2) is 48.7 Å². The summed E-state index contributed by atoms with van der Waals surface area (Å²) in [6.45, 7) is 4.09. The molecule has 0 amide bonds. The van der Waals surface area contributed by atoms with Crippen LogP contribution in [-0.2, 0) is 19.1 Å². The Bertz CT molecular complexity index is 246. The molecule has 114 valence electrons. The molecule has 0 aliphatic rings. The molecule has 19 heavy (non-hydrogen) atoms. The lowest BCUT2D eigenvalue weighted by Gasteiger charge is -2.11. The predicted octanol–water partition coefficient (Wildman–Crippen LogP) is 0.570. The predicted molar refractivity (Wildman–Crippen MR) is 81.4 cm³/mol. The van der Waals surface area contributed by atoms with Crippen molar-refractivity contribution >= 4 is 45.9 Å². The molecule has 0 bridgehead atoms. The fraction of sp³-hybridized carbons (Fsp3) is 0.800. The summed E-state index contributed by atoms with van der Waals surface area (Å²) in [4.78, 5) is 22.4. The van der Waals surface area contributed by atoms with Gasteiger partial charge in [0.15, 0.2) is 0 Å². The van der Waals surface area contributed by atoms with Crippen molar-refractivity contribution in [3.63, 3.8) is 0 Å². The first-order chi connectivity index (χ1) is 8.52. The molecule has 0 aliphatic heterocycles. The van der Waals surface area contributed by atoms with E-state index in [1.807, 2.05) is 0 Å². The number of carbonyl (C=O) groups is 2. The van der Waals surface area contributed by atoms with Crippen molar-refractivity contribution in [2.24, 2.45) is 11.5 Å². The third-order valence-electron chi connectivity index (χ3n) is 1.76. The molecule has 0 aliphatic carbocycles. The van der Waals surface area contributed by atoms with Crippen LogP contribution in [0.25, 0.3) is 0 Å². The van der Waals surface area contributed by atoms with Crippen molar-refractivity contribution < 1.29 is 19.1 Å². The Labute approximate surface area is 127 Å². The van der Waals surface area contributed by atoms with E-state index in [-0.39, 0.29) is 12.4 Å². The number of esters is 2. The highest BCUT2D eigenvalue weighted by Gasteiger charge is 2.17. The summed E-state index contributed by atoms with van der Waals surface area (Å²) in [6.07, 6.45) is 0. The number of halogens is 1. The number of hydrogen-bond acceptors (Lipinski definition) is 8. The molecule has 0 saturated carbocycles. The normalized spacial score (nSPS) is 13.1. The van der Waals surface area contributed by atoms with E-state index in [0.717, 1.165) is 0 Å². The smallest absolute Gasteiger partial charge is 0.323 e. The highest BCUT2D eigenvalue weighted by Crippen LogP contribution is 2.22. The quantitative estimate of drug-likeness (QED) is 0.359. The Morgan fingerprint density at radius 3 is 1.53 bits per heavy atom. The number of nitrogens with two attached hydrogens (primary N) is 2. The lowest BCUT2D eigenvalue weighted by molar-refractivity contribution is -0.144. The number of hydrogen-bond donors (Lipinski definition) is 2. The van der Waals surface area contributed by atoms with Gasteiger partial charge >= 0.3 is 11.9 Å². The topological polar surface area (TPSA) is 105 Å². The van der Waals surface area contributed by atoms with Crippen LogP contribution in [0.1, 0.15) is 13.8 Å². The van der Waals surface area contributed by atoms with Crippen molar-refractivity contribution in [2.45, 2.75) is 25.9 Å². The van der Waals surface area contributed by atoms with Crippen LogP contribution in [0.5, 0.6) is 0 Å². The summed E-state index contributed by atoms with van der Waals surface area (Å²) in [7, 11) is 2.76. The molecule has 6 nitrogen and oxygen atoms in total. The van der Waals surface area contributed by atoms with Crippen LogP contribution in [0.2, 0.25) is 0 Å². The molecule has 0 aromatic heterocycles. The Morgan fingerprint density at radius 2 is 1.26 bits per heavy atom. The maximum atomic E-state index is 11.2. The molecule has 4 N–H and O–H groups in total. The van der Waals surface area contributed by atoms with E-state index in [1.165, 1.54) is 21.6 Å². The summed E-state index contributed by atoms with van der Waals surface area (Å²) in [5.41, 5.74) is 11.2. The largest absolute Gasteiger partial charge is 0.465 e. The van der Waals surface area contributed by atoms with Gasteiger partial charge in [0, 0.05) is 11.5 Å². The number of carbonyl (C=O) groups excluding carboxylic acids is 2. The van der Waals surface area contributed by atoms with E-state index in [4.69, 9.17) is 20.9 Å². The summed E-state index contributed by atoms with van der Waals surface area (Å²) in [5, 5.41) is 0. The Kier molecular flexibility index (Phi) is 14.3. The Morgan fingerprint density at radius 1 is 0.947 bits per heavy atom. The van der Waals surface area contributed by atoms with Gasteiger partial charge in [0.25, 0.3) is 0 Å². The van der Waals surface area contributed by atoms with Crippen LogP contribution in [0.3, 0.4) is 0 Å². The molecule has 0 aromatic carbocycles. The van der Waals surface area contributed by atoms with E-state index in [0.29, 0.717) is 24.7 Å². The van der Waals surface area contributed by atoms with Crippen molar-refractivity contribution in [2.75, 3.05) is 24.7 Å². The molecule has 0 spiro atoms. The van der Waals surface area contributed by atoms with E-state index in [1.54, 1.807) is 13.8 Å². The van der Waals surface area contributed by atoms with Gasteiger partial charge in [-0.3, -0.25) is 9.59 Å². The molecular weight excluding hydrogens is 312 g/mol. The fourth-order valence-corrected chi connectivity index (χ4v) is 3.09. The summed E-state index contributed by atoms with van der Waals surface area (Å²) >= 11 is 0. The van der Waals surface area contributed by atoms with E-state index in [2.05, 4.69) is 0 Å². The first-order valence-electron chi connectivity index (χ1n) is 5.61. The second kappa shape index (κ2) is 12.9. The Hall–Kier alpha value is -0.150. The number of ether oxygens (including phenoxy) is 2. The van der Waals surface area contributed by atoms with E-state index >= 15 is 0 Å². The Balaban J connectivity index is 0. The second-order valence-corrected chi connectivity index (χ2v) is 5.84. The SMILES string of the molecule is CCOC(=O)C(N)CSSCC(N)C(=O)OCC.Cl. The van der Waals surface area contributed by atoms with Crippen molar-refractivity contribution in [3.05, 3.63) is 0 Å².